The maximum absolute atomic E-state index is 14.0. The molecule has 5 atom stereocenters. The summed E-state index contributed by atoms with van der Waals surface area (Å²) in [5.41, 5.74) is 26.3. The summed E-state index contributed by atoms with van der Waals surface area (Å²) in [4.78, 5) is 95.9. The van der Waals surface area contributed by atoms with E-state index in [9.17, 15) is 56.9 Å². The monoisotopic (exact) mass is 1260 g/mol. The number of carbonyl (C=O) groups is 7. The Morgan fingerprint density at radius 1 is 0.411 bits per heavy atom. The Bertz CT molecular complexity index is 3660. The summed E-state index contributed by atoms with van der Waals surface area (Å²) in [6.45, 7) is 3.58. The van der Waals surface area contributed by atoms with Crippen molar-refractivity contribution in [2.24, 2.45) is 32.2 Å². The number of halogens is 3. The van der Waals surface area contributed by atoms with Crippen molar-refractivity contribution < 1.29 is 66.4 Å². The number of aliphatic imine (C=N–C) groups is 3. The average Bonchev–Trinajstić information content (AvgIpc) is 2.03. The van der Waals surface area contributed by atoms with Gasteiger partial charge in [0.1, 0.15) is 17.5 Å². The molecule has 8 N–H and O–H groups in total. The van der Waals surface area contributed by atoms with Crippen LogP contribution < -0.4 is 17.2 Å². The summed E-state index contributed by atoms with van der Waals surface area (Å²) in [6, 6.07) is 54.4. The van der Waals surface area contributed by atoms with Gasteiger partial charge in [-0.3, -0.25) is 29.4 Å². The van der Waals surface area contributed by atoms with Crippen molar-refractivity contribution in [2.45, 2.75) is 63.8 Å². The molecule has 90 heavy (non-hydrogen) atoms. The van der Waals surface area contributed by atoms with E-state index in [-0.39, 0.29) is 74.7 Å². The first-order valence-corrected chi connectivity index (χ1v) is 27.3. The molecule has 462 valence electrons. The SMILES string of the molecule is Cc1ccc(C(=O)O[C@H](C(=O)O)[C@H](OC(=O)c2ccc(C)cc2)C(=O)O)cc1.NC1N=C(c2ccccc2)c2cccc(F)c2CC1=O.N[C@H]1N=C(c2ccccc2)c2cccc(F)c2CC1=O.N[C@H]1N=C(c2ccccc2)c2cccc(F)c2CC1=O.S.S. The van der Waals surface area contributed by atoms with Gasteiger partial charge in [-0.05, 0) is 56.3 Å². The van der Waals surface area contributed by atoms with E-state index in [1.807, 2.05) is 91.0 Å². The highest BCUT2D eigenvalue weighted by Crippen LogP contribution is 2.27. The second-order valence-electron chi connectivity index (χ2n) is 20.2. The number of carbonyl (C=O) groups excluding carboxylic acids is 5. The Labute approximate surface area is 529 Å². The number of nitrogens with zero attached hydrogens (tertiary/aromatic N) is 3. The van der Waals surface area contributed by atoms with Crippen LogP contribution in [0.3, 0.4) is 0 Å². The van der Waals surface area contributed by atoms with Gasteiger partial charge >= 0.3 is 23.9 Å². The van der Waals surface area contributed by atoms with Crippen molar-refractivity contribution in [3.05, 3.63) is 284 Å². The standard InChI is InChI=1S/C20H18O8.3C16H13FN2O.2H2S/c1-11-3-7-13(8-4-11)19(25)27-15(17(21)22)16(18(23)24)28-20(26)14-9-5-12(2)6-10-14;3*17-13-8-4-7-11-12(13)9-14(20)16(18)19-15(11)10-5-2-1-3-6-10;;/h3-10,15-16H,1-2H3,(H,21,22)(H,23,24);3*1-8,16H,9,18H2;2*1H2/t15-,16-;2*16-;;;/m000.../s1. The van der Waals surface area contributed by atoms with E-state index in [2.05, 4.69) is 15.0 Å². The quantitative estimate of drug-likeness (QED) is 0.0801. The predicted octanol–water partition coefficient (Wildman–Crippen LogP) is 8.67. The van der Waals surface area contributed by atoms with Crippen molar-refractivity contribution in [1.29, 1.82) is 0 Å². The molecule has 0 amide bonds. The summed E-state index contributed by atoms with van der Waals surface area (Å²) < 4.78 is 51.6. The van der Waals surface area contributed by atoms with E-state index in [0.717, 1.165) is 27.8 Å². The Morgan fingerprint density at radius 2 is 0.667 bits per heavy atom. The van der Waals surface area contributed by atoms with E-state index >= 15 is 0 Å². The van der Waals surface area contributed by atoms with Crippen molar-refractivity contribution in [3.63, 3.8) is 0 Å². The highest BCUT2D eigenvalue weighted by molar-refractivity contribution is 7.59. The van der Waals surface area contributed by atoms with E-state index in [1.54, 1.807) is 74.5 Å². The summed E-state index contributed by atoms with van der Waals surface area (Å²) in [5.74, 6) is -7.63. The van der Waals surface area contributed by atoms with Crippen LogP contribution >= 0.6 is 27.0 Å². The van der Waals surface area contributed by atoms with Gasteiger partial charge in [-0.2, -0.15) is 27.0 Å². The Balaban J connectivity index is 0.000000191. The molecule has 3 heterocycles. The molecule has 0 bridgehead atoms. The van der Waals surface area contributed by atoms with Crippen molar-refractivity contribution >= 4 is 85.4 Å². The zero-order valence-corrected chi connectivity index (χ0v) is 50.3. The first kappa shape index (κ1) is 69.1. The number of esters is 2. The molecular formula is C68H61F3N6O11S2. The highest BCUT2D eigenvalue weighted by Gasteiger charge is 2.41. The number of aryl methyl sites for hydroxylation is 2. The minimum atomic E-state index is -2.22. The van der Waals surface area contributed by atoms with Crippen LogP contribution in [0.2, 0.25) is 0 Å². The van der Waals surface area contributed by atoms with Crippen LogP contribution in [0.1, 0.15) is 81.9 Å². The number of Topliss-reactive ketones (excluding diaryl/α,β-unsaturated/α-hetero) is 3. The number of ether oxygens (including phenoxy) is 2. The second kappa shape index (κ2) is 31.8. The molecule has 22 heteroatoms. The fraction of sp³-hybridized carbons (Fsp3) is 0.147. The number of hydrogen-bond acceptors (Lipinski definition) is 15. The summed E-state index contributed by atoms with van der Waals surface area (Å²) >= 11 is 0. The number of nitrogens with two attached hydrogens (primary N) is 3. The zero-order chi connectivity index (χ0) is 63.2. The molecule has 0 spiro atoms. The van der Waals surface area contributed by atoms with Crippen LogP contribution in [-0.2, 0) is 52.7 Å². The van der Waals surface area contributed by atoms with E-state index in [1.165, 1.54) is 42.5 Å². The number of carboxylic acids is 2. The molecule has 0 saturated heterocycles. The normalized spacial score (nSPS) is 16.0. The molecular weight excluding hydrogens is 1200 g/mol. The lowest BCUT2D eigenvalue weighted by atomic mass is 9.95. The van der Waals surface area contributed by atoms with Crippen LogP contribution in [0.5, 0.6) is 0 Å². The van der Waals surface area contributed by atoms with Crippen molar-refractivity contribution in [3.8, 4) is 0 Å². The Morgan fingerprint density at radius 3 is 0.911 bits per heavy atom. The second-order valence-corrected chi connectivity index (χ2v) is 20.2. The van der Waals surface area contributed by atoms with Crippen LogP contribution in [0.25, 0.3) is 0 Å². The zero-order valence-electron chi connectivity index (χ0n) is 48.3. The maximum Gasteiger partial charge on any atom is 0.349 e. The van der Waals surface area contributed by atoms with Gasteiger partial charge in [0.15, 0.2) is 35.8 Å². The van der Waals surface area contributed by atoms with E-state index in [0.29, 0.717) is 50.5 Å². The largest absolute Gasteiger partial charge is 0.478 e. The molecule has 8 aromatic carbocycles. The summed E-state index contributed by atoms with van der Waals surface area (Å²) in [7, 11) is 0. The number of ketones is 3. The van der Waals surface area contributed by atoms with Gasteiger partial charge in [-0.15, -0.1) is 0 Å². The van der Waals surface area contributed by atoms with Crippen LogP contribution in [0.15, 0.2) is 209 Å². The predicted molar refractivity (Wildman–Crippen MR) is 342 cm³/mol. The number of fused-ring (bicyclic) bond motifs is 3. The van der Waals surface area contributed by atoms with Gasteiger partial charge in [0.2, 0.25) is 12.2 Å². The van der Waals surface area contributed by atoms with Gasteiger partial charge < -0.3 is 36.9 Å². The van der Waals surface area contributed by atoms with Crippen LogP contribution in [0, 0.1) is 31.3 Å². The molecule has 0 saturated carbocycles. The number of benzene rings is 8. The average molecular weight is 1260 g/mol. The molecule has 0 aromatic heterocycles. The third kappa shape index (κ3) is 17.2. The molecule has 3 aliphatic heterocycles. The number of rotatable bonds is 10. The lowest BCUT2D eigenvalue weighted by Gasteiger charge is -2.21. The molecule has 3 aliphatic rings. The first-order valence-electron chi connectivity index (χ1n) is 27.3. The molecule has 11 rings (SSSR count). The lowest BCUT2D eigenvalue weighted by molar-refractivity contribution is -0.166. The minimum Gasteiger partial charge on any atom is -0.478 e. The fourth-order valence-electron chi connectivity index (χ4n) is 9.27. The van der Waals surface area contributed by atoms with Crippen LogP contribution in [-0.4, -0.2) is 99.3 Å². The number of hydrogen-bond donors (Lipinski definition) is 5. The van der Waals surface area contributed by atoms with E-state index < -0.39 is 72.0 Å². The number of aliphatic carboxylic acids is 2. The summed E-state index contributed by atoms with van der Waals surface area (Å²) in [5, 5.41) is 18.6. The Hall–Kier alpha value is -9.97. The van der Waals surface area contributed by atoms with Gasteiger partial charge in [0, 0.05) is 69.3 Å². The van der Waals surface area contributed by atoms with Crippen molar-refractivity contribution in [2.75, 3.05) is 0 Å². The highest BCUT2D eigenvalue weighted by atomic mass is 32.1. The molecule has 0 radical (unpaired) electrons. The van der Waals surface area contributed by atoms with Gasteiger partial charge in [0.25, 0.3) is 0 Å². The lowest BCUT2D eigenvalue weighted by Crippen LogP contribution is -2.45. The molecule has 0 aliphatic carbocycles. The minimum absolute atomic E-state index is 0. The maximum atomic E-state index is 14.0. The fourth-order valence-corrected chi connectivity index (χ4v) is 9.27. The molecule has 0 fully saturated rings. The Kier molecular flexibility index (Phi) is 24.4. The van der Waals surface area contributed by atoms with Gasteiger partial charge in [-0.25, -0.2) is 32.3 Å². The summed E-state index contributed by atoms with van der Waals surface area (Å²) in [6.07, 6.45) is -7.36. The third-order valence-corrected chi connectivity index (χ3v) is 13.9. The molecule has 8 aromatic rings. The third-order valence-electron chi connectivity index (χ3n) is 13.9. The van der Waals surface area contributed by atoms with Crippen LogP contribution in [0.4, 0.5) is 13.2 Å². The van der Waals surface area contributed by atoms with Gasteiger partial charge in [-0.1, -0.05) is 163 Å². The first-order chi connectivity index (χ1) is 42.2. The number of carboxylic acid groups (broad SMARTS) is 2. The smallest absolute Gasteiger partial charge is 0.349 e. The topological polar surface area (TPSA) is 294 Å². The van der Waals surface area contributed by atoms with E-state index in [4.69, 9.17) is 26.7 Å². The van der Waals surface area contributed by atoms with Gasteiger partial charge in [0.05, 0.1) is 28.3 Å². The molecule has 17 nitrogen and oxygen atoms in total. The van der Waals surface area contributed by atoms with Crippen molar-refractivity contribution in [1.82, 2.24) is 0 Å². The molecule has 1 unspecified atom stereocenters.